The van der Waals surface area contributed by atoms with Crippen LogP contribution in [-0.4, -0.2) is 24.3 Å². The predicted molar refractivity (Wildman–Crippen MR) is 76.0 cm³/mol. The van der Waals surface area contributed by atoms with Crippen LogP contribution >= 0.6 is 0 Å². The van der Waals surface area contributed by atoms with Gasteiger partial charge in [0.25, 0.3) is 5.56 Å². The van der Waals surface area contributed by atoms with Crippen molar-refractivity contribution < 1.29 is 0 Å². The van der Waals surface area contributed by atoms with Gasteiger partial charge in [-0.2, -0.15) is 0 Å². The number of pyridine rings is 1. The Hall–Kier alpha value is -2.50. The number of aryl methyl sites for hydroxylation is 1. The topological polar surface area (TPSA) is 65.6 Å². The monoisotopic (exact) mass is 269 g/mol. The number of aromatic nitrogens is 5. The van der Waals surface area contributed by atoms with Gasteiger partial charge in [-0.25, -0.2) is 9.67 Å². The molecule has 3 aromatic heterocycles. The predicted octanol–water partition coefficient (Wildman–Crippen LogP) is 1.87. The summed E-state index contributed by atoms with van der Waals surface area (Å²) < 4.78 is 3.31. The summed E-state index contributed by atoms with van der Waals surface area (Å²) in [6, 6.07) is 3.78. The Morgan fingerprint density at radius 3 is 2.75 bits per heavy atom. The van der Waals surface area contributed by atoms with Gasteiger partial charge < -0.3 is 0 Å². The maximum atomic E-state index is 12.5. The van der Waals surface area contributed by atoms with E-state index in [-0.39, 0.29) is 11.6 Å². The molecule has 0 saturated carbocycles. The van der Waals surface area contributed by atoms with Crippen LogP contribution in [0.4, 0.5) is 0 Å². The highest BCUT2D eigenvalue weighted by molar-refractivity contribution is 5.73. The molecule has 0 spiro atoms. The van der Waals surface area contributed by atoms with Crippen LogP contribution in [0.1, 0.15) is 25.7 Å². The zero-order valence-corrected chi connectivity index (χ0v) is 11.6. The van der Waals surface area contributed by atoms with E-state index in [2.05, 4.69) is 15.1 Å². The Morgan fingerprint density at radius 1 is 1.30 bits per heavy atom. The van der Waals surface area contributed by atoms with Crippen LogP contribution in [0, 0.1) is 6.92 Å². The van der Waals surface area contributed by atoms with Crippen molar-refractivity contribution in [2.75, 3.05) is 0 Å². The van der Waals surface area contributed by atoms with E-state index in [4.69, 9.17) is 0 Å². The van der Waals surface area contributed by atoms with Gasteiger partial charge >= 0.3 is 0 Å². The number of nitrogens with zero attached hydrogens (tertiary/aromatic N) is 5. The van der Waals surface area contributed by atoms with Gasteiger partial charge in [0.2, 0.25) is 0 Å². The molecule has 6 heteroatoms. The molecule has 3 aromatic rings. The Morgan fingerprint density at radius 2 is 2.10 bits per heavy atom. The minimum absolute atomic E-state index is 0.0577. The molecule has 0 atom stereocenters. The van der Waals surface area contributed by atoms with Crippen LogP contribution in [-0.2, 0) is 0 Å². The van der Waals surface area contributed by atoms with E-state index >= 15 is 0 Å². The average molecular weight is 269 g/mol. The van der Waals surface area contributed by atoms with Crippen molar-refractivity contribution >= 4 is 11.0 Å². The van der Waals surface area contributed by atoms with Crippen LogP contribution < -0.4 is 5.56 Å². The van der Waals surface area contributed by atoms with Crippen molar-refractivity contribution in [3.63, 3.8) is 0 Å². The normalized spacial score (nSPS) is 11.4. The Kier molecular flexibility index (Phi) is 2.85. The second-order valence-corrected chi connectivity index (χ2v) is 4.95. The first-order valence-corrected chi connectivity index (χ1v) is 6.47. The molecule has 0 saturated heterocycles. The zero-order chi connectivity index (χ0) is 14.3. The Balaban J connectivity index is 2.27. The lowest BCUT2D eigenvalue weighted by molar-refractivity contribution is 0.555. The fourth-order valence-electron chi connectivity index (χ4n) is 2.31. The zero-order valence-electron chi connectivity index (χ0n) is 11.6. The van der Waals surface area contributed by atoms with Gasteiger partial charge in [-0.15, -0.1) is 5.10 Å². The molecule has 0 unspecified atom stereocenters. The number of rotatable bonds is 2. The van der Waals surface area contributed by atoms with E-state index in [1.54, 1.807) is 27.8 Å². The molecule has 0 aromatic carbocycles. The van der Waals surface area contributed by atoms with E-state index in [9.17, 15) is 4.79 Å². The van der Waals surface area contributed by atoms with Gasteiger partial charge in [-0.05, 0) is 32.9 Å². The number of hydrogen-bond donors (Lipinski definition) is 0. The largest absolute Gasteiger partial charge is 0.294 e. The van der Waals surface area contributed by atoms with Crippen LogP contribution in [0.25, 0.3) is 16.7 Å². The summed E-state index contributed by atoms with van der Waals surface area (Å²) in [7, 11) is 0. The molecule has 102 valence electrons. The molecule has 6 nitrogen and oxygen atoms in total. The van der Waals surface area contributed by atoms with E-state index in [0.717, 1.165) is 5.69 Å². The molecule has 0 radical (unpaired) electrons. The first-order valence-electron chi connectivity index (χ1n) is 6.47. The maximum Gasteiger partial charge on any atom is 0.264 e. The minimum Gasteiger partial charge on any atom is -0.294 e. The van der Waals surface area contributed by atoms with Crippen molar-refractivity contribution in [1.82, 2.24) is 24.3 Å². The van der Waals surface area contributed by atoms with Gasteiger partial charge in [-0.3, -0.25) is 14.3 Å². The molecule has 0 aliphatic heterocycles. The highest BCUT2D eigenvalue weighted by Gasteiger charge is 2.14. The van der Waals surface area contributed by atoms with Crippen molar-refractivity contribution in [3.8, 4) is 5.69 Å². The second-order valence-electron chi connectivity index (χ2n) is 4.95. The summed E-state index contributed by atoms with van der Waals surface area (Å²) in [6.45, 7) is 5.75. The lowest BCUT2D eigenvalue weighted by Crippen LogP contribution is -2.25. The minimum atomic E-state index is -0.0577. The number of hydrogen-bond acceptors (Lipinski definition) is 4. The Bertz CT molecular complexity index is 817. The van der Waals surface area contributed by atoms with Crippen LogP contribution in [0.3, 0.4) is 0 Å². The van der Waals surface area contributed by atoms with Crippen LogP contribution in [0.2, 0.25) is 0 Å². The van der Waals surface area contributed by atoms with Crippen molar-refractivity contribution in [2.45, 2.75) is 26.8 Å². The molecule has 0 N–H and O–H groups in total. The van der Waals surface area contributed by atoms with Crippen molar-refractivity contribution in [2.24, 2.45) is 0 Å². The smallest absolute Gasteiger partial charge is 0.264 e. The molecule has 0 aliphatic carbocycles. The van der Waals surface area contributed by atoms with Gasteiger partial charge in [0.15, 0.2) is 5.65 Å². The molecule has 3 rings (SSSR count). The number of fused-ring (bicyclic) bond motifs is 1. The molecular formula is C14H15N5O. The highest BCUT2D eigenvalue weighted by atomic mass is 16.1. The lowest BCUT2D eigenvalue weighted by atomic mass is 10.3. The summed E-state index contributed by atoms with van der Waals surface area (Å²) in [5.74, 6) is 0.675. The summed E-state index contributed by atoms with van der Waals surface area (Å²) in [5, 5.41) is 4.88. The molecule has 0 aliphatic rings. The maximum absolute atomic E-state index is 12.5. The summed E-state index contributed by atoms with van der Waals surface area (Å²) in [4.78, 5) is 21.0. The van der Waals surface area contributed by atoms with Crippen molar-refractivity contribution in [1.29, 1.82) is 0 Å². The van der Waals surface area contributed by atoms with Crippen LogP contribution in [0.5, 0.6) is 0 Å². The highest BCUT2D eigenvalue weighted by Crippen LogP contribution is 2.13. The SMILES string of the molecule is Cc1nc2nn(-c3cccnc3)cc2c(=O)n1C(C)C. The third-order valence-corrected chi connectivity index (χ3v) is 3.19. The quantitative estimate of drug-likeness (QED) is 0.712. The third kappa shape index (κ3) is 1.89. The molecule has 0 fully saturated rings. The van der Waals surface area contributed by atoms with Gasteiger partial charge in [-0.1, -0.05) is 0 Å². The summed E-state index contributed by atoms with van der Waals surface area (Å²) in [5.41, 5.74) is 1.21. The second kappa shape index (κ2) is 4.56. The molecular weight excluding hydrogens is 254 g/mol. The standard InChI is InChI=1S/C14H15N5O/c1-9(2)19-10(3)16-13-12(14(19)20)8-18(17-13)11-5-4-6-15-7-11/h4-9H,1-3H3. The third-order valence-electron chi connectivity index (χ3n) is 3.19. The molecule has 20 heavy (non-hydrogen) atoms. The molecule has 0 amide bonds. The Labute approximate surface area is 115 Å². The van der Waals surface area contributed by atoms with Gasteiger partial charge in [0.05, 0.1) is 11.9 Å². The first kappa shape index (κ1) is 12.5. The van der Waals surface area contributed by atoms with Crippen molar-refractivity contribution in [3.05, 3.63) is 46.9 Å². The fourth-order valence-corrected chi connectivity index (χ4v) is 2.31. The summed E-state index contributed by atoms with van der Waals surface area (Å²) in [6.07, 6.45) is 5.10. The van der Waals surface area contributed by atoms with Crippen LogP contribution in [0.15, 0.2) is 35.5 Å². The molecule has 3 heterocycles. The lowest BCUT2D eigenvalue weighted by Gasteiger charge is -2.11. The molecule has 0 bridgehead atoms. The summed E-state index contributed by atoms with van der Waals surface area (Å²) >= 11 is 0. The first-order chi connectivity index (χ1) is 9.58. The van der Waals surface area contributed by atoms with E-state index in [1.807, 2.05) is 32.9 Å². The van der Waals surface area contributed by atoms with E-state index in [0.29, 0.717) is 16.9 Å². The fraction of sp³-hybridized carbons (Fsp3) is 0.286. The van der Waals surface area contributed by atoms with Gasteiger partial charge in [0, 0.05) is 18.4 Å². The van der Waals surface area contributed by atoms with Gasteiger partial charge in [0.1, 0.15) is 11.2 Å². The van der Waals surface area contributed by atoms with E-state index < -0.39 is 0 Å². The average Bonchev–Trinajstić information content (AvgIpc) is 2.83. The van der Waals surface area contributed by atoms with E-state index in [1.165, 1.54) is 0 Å².